The lowest BCUT2D eigenvalue weighted by molar-refractivity contribution is -0.141. The van der Waals surface area contributed by atoms with Crippen LogP contribution in [0.25, 0.3) is 0 Å². The Morgan fingerprint density at radius 3 is 2.55 bits per heavy atom. The van der Waals surface area contributed by atoms with Gasteiger partial charge >= 0.3 is 5.97 Å². The number of rotatable bonds is 5. The molecular formula is C7H16O3Si. The van der Waals surface area contributed by atoms with Crippen molar-refractivity contribution < 1.29 is 14.0 Å². The van der Waals surface area contributed by atoms with Crippen LogP contribution in [0.3, 0.4) is 0 Å². The van der Waals surface area contributed by atoms with E-state index in [0.717, 1.165) is 0 Å². The summed E-state index contributed by atoms with van der Waals surface area (Å²) in [7, 11) is -0.390. The lowest BCUT2D eigenvalue weighted by Crippen LogP contribution is -2.11. The van der Waals surface area contributed by atoms with Crippen LogP contribution in [-0.2, 0) is 14.0 Å². The van der Waals surface area contributed by atoms with E-state index in [1.807, 2.05) is 0 Å². The first-order chi connectivity index (χ1) is 5.13. The summed E-state index contributed by atoms with van der Waals surface area (Å²) >= 11 is 0. The molecule has 0 bridgehead atoms. The third kappa shape index (κ3) is 9.65. The highest BCUT2D eigenvalue weighted by Gasteiger charge is 1.95. The quantitative estimate of drug-likeness (QED) is 0.347. The number of hydrogen-bond acceptors (Lipinski definition) is 3. The second kappa shape index (κ2) is 6.36. The van der Waals surface area contributed by atoms with Crippen molar-refractivity contribution >= 4 is 15.7 Å². The van der Waals surface area contributed by atoms with E-state index in [1.165, 1.54) is 6.92 Å². The Morgan fingerprint density at radius 1 is 1.45 bits per heavy atom. The molecule has 0 aromatic carbocycles. The van der Waals surface area contributed by atoms with E-state index in [9.17, 15) is 4.79 Å². The topological polar surface area (TPSA) is 35.5 Å². The van der Waals surface area contributed by atoms with Crippen molar-refractivity contribution in [3.05, 3.63) is 0 Å². The minimum absolute atomic E-state index is 0.236. The molecule has 0 radical (unpaired) electrons. The minimum Gasteiger partial charge on any atom is -0.463 e. The summed E-state index contributed by atoms with van der Waals surface area (Å²) in [5.41, 5.74) is 0.673. The van der Waals surface area contributed by atoms with Crippen LogP contribution in [0.2, 0.25) is 5.54 Å². The Labute approximate surface area is 70.0 Å². The molecule has 0 heterocycles. The maximum Gasteiger partial charge on any atom is 0.302 e. The molecule has 0 fully saturated rings. The molecule has 3 nitrogen and oxygen atoms in total. The molecule has 0 rings (SSSR count). The normalized spacial score (nSPS) is 11.3. The van der Waals surface area contributed by atoms with Crippen LogP contribution < -0.4 is 0 Å². The van der Waals surface area contributed by atoms with E-state index >= 15 is 0 Å². The van der Waals surface area contributed by atoms with E-state index in [-0.39, 0.29) is 5.97 Å². The molecule has 0 N–H and O–H groups in total. The number of carbonyl (C=O) groups excluding carboxylic acids is 1. The van der Waals surface area contributed by atoms with Crippen molar-refractivity contribution in [2.24, 2.45) is 0 Å². The fourth-order valence-corrected chi connectivity index (χ4v) is 1.32. The van der Waals surface area contributed by atoms with Gasteiger partial charge in [0.15, 0.2) is 9.76 Å². The summed E-state index contributed by atoms with van der Waals surface area (Å²) in [6, 6.07) is 0. The first-order valence-electron chi connectivity index (χ1n) is 3.84. The van der Waals surface area contributed by atoms with Crippen LogP contribution in [0.5, 0.6) is 0 Å². The fourth-order valence-electron chi connectivity index (χ4n) is 0.563. The van der Waals surface area contributed by atoms with E-state index in [2.05, 4.69) is 18.6 Å². The molecular weight excluding hydrogens is 160 g/mol. The van der Waals surface area contributed by atoms with Gasteiger partial charge in [-0.1, -0.05) is 13.8 Å². The van der Waals surface area contributed by atoms with Gasteiger partial charge in [-0.05, 0) is 5.54 Å². The monoisotopic (exact) mass is 176 g/mol. The zero-order valence-electron chi connectivity index (χ0n) is 7.42. The number of hydrogen-bond donors (Lipinski definition) is 0. The number of carbonyl (C=O) groups is 1. The lowest BCUT2D eigenvalue weighted by atomic mass is 10.6. The van der Waals surface area contributed by atoms with Gasteiger partial charge in [0.05, 0.1) is 6.61 Å². The van der Waals surface area contributed by atoms with Crippen molar-refractivity contribution in [2.75, 3.05) is 13.2 Å². The smallest absolute Gasteiger partial charge is 0.302 e. The number of esters is 1. The summed E-state index contributed by atoms with van der Waals surface area (Å²) in [5, 5.41) is 0. The van der Waals surface area contributed by atoms with Crippen molar-refractivity contribution in [2.45, 2.75) is 26.3 Å². The predicted octanol–water partition coefficient (Wildman–Crippen LogP) is 0.478. The van der Waals surface area contributed by atoms with Gasteiger partial charge in [0.25, 0.3) is 0 Å². The van der Waals surface area contributed by atoms with Gasteiger partial charge in [0.2, 0.25) is 0 Å². The molecule has 0 atom stereocenters. The van der Waals surface area contributed by atoms with Gasteiger partial charge in [-0.15, -0.1) is 0 Å². The maximum atomic E-state index is 10.3. The Hall–Kier alpha value is -0.353. The molecule has 0 saturated carbocycles. The molecule has 4 heteroatoms. The zero-order chi connectivity index (χ0) is 8.69. The predicted molar refractivity (Wildman–Crippen MR) is 46.2 cm³/mol. The highest BCUT2D eigenvalue weighted by molar-refractivity contribution is 6.29. The van der Waals surface area contributed by atoms with Crippen LogP contribution >= 0.6 is 0 Å². The molecule has 0 aliphatic carbocycles. The molecule has 0 spiro atoms. The number of ether oxygens (including phenoxy) is 1. The Bertz CT molecular complexity index is 114. The van der Waals surface area contributed by atoms with Crippen molar-refractivity contribution in [1.82, 2.24) is 0 Å². The molecule has 0 aliphatic heterocycles. The van der Waals surface area contributed by atoms with E-state index in [0.29, 0.717) is 18.8 Å². The molecule has 0 aromatic heterocycles. The molecule has 0 amide bonds. The lowest BCUT2D eigenvalue weighted by Gasteiger charge is -2.05. The van der Waals surface area contributed by atoms with Crippen LogP contribution in [0.4, 0.5) is 0 Å². The van der Waals surface area contributed by atoms with Gasteiger partial charge < -0.3 is 9.16 Å². The Morgan fingerprint density at radius 2 is 2.09 bits per heavy atom. The summed E-state index contributed by atoms with van der Waals surface area (Å²) < 4.78 is 9.99. The van der Waals surface area contributed by atoms with Crippen LogP contribution in [0.15, 0.2) is 0 Å². The fraction of sp³-hybridized carbons (Fsp3) is 0.857. The second-order valence-electron chi connectivity index (χ2n) is 2.81. The minimum atomic E-state index is -0.390. The summed E-state index contributed by atoms with van der Waals surface area (Å²) in [5.74, 6) is -0.236. The van der Waals surface area contributed by atoms with E-state index in [1.54, 1.807) is 0 Å². The van der Waals surface area contributed by atoms with Gasteiger partial charge in [-0.2, -0.15) is 0 Å². The summed E-state index contributed by atoms with van der Waals surface area (Å²) in [6.07, 6.45) is 0. The second-order valence-corrected chi connectivity index (χ2v) is 5.18. The van der Waals surface area contributed by atoms with Crippen LogP contribution in [0.1, 0.15) is 20.8 Å². The van der Waals surface area contributed by atoms with Crippen molar-refractivity contribution in [3.8, 4) is 0 Å². The standard InChI is InChI=1S/C7H16O3Si/c1-6(2)11-10-5-4-9-7(3)8/h6H,4-5,11H2,1-3H3. The average Bonchev–Trinajstić information content (AvgIpc) is 1.85. The Balaban J connectivity index is 2.97. The molecule has 0 saturated heterocycles. The van der Waals surface area contributed by atoms with Crippen LogP contribution in [0, 0.1) is 0 Å². The highest BCUT2D eigenvalue weighted by atomic mass is 28.2. The van der Waals surface area contributed by atoms with Crippen molar-refractivity contribution in [3.63, 3.8) is 0 Å². The molecule has 0 aromatic rings. The van der Waals surface area contributed by atoms with E-state index < -0.39 is 9.76 Å². The maximum absolute atomic E-state index is 10.3. The van der Waals surface area contributed by atoms with Gasteiger partial charge in [0.1, 0.15) is 6.61 Å². The van der Waals surface area contributed by atoms with Gasteiger partial charge in [-0.25, -0.2) is 0 Å². The molecule has 11 heavy (non-hydrogen) atoms. The zero-order valence-corrected chi connectivity index (χ0v) is 8.84. The third-order valence-electron chi connectivity index (χ3n) is 0.984. The summed E-state index contributed by atoms with van der Waals surface area (Å²) in [6.45, 7) is 6.63. The van der Waals surface area contributed by atoms with Gasteiger partial charge in [0, 0.05) is 6.92 Å². The third-order valence-corrected chi connectivity index (χ3v) is 2.18. The Kier molecular flexibility index (Phi) is 6.16. The first kappa shape index (κ1) is 10.6. The van der Waals surface area contributed by atoms with Crippen molar-refractivity contribution in [1.29, 1.82) is 0 Å². The first-order valence-corrected chi connectivity index (χ1v) is 5.23. The molecule has 0 aliphatic rings. The largest absolute Gasteiger partial charge is 0.463 e. The molecule has 66 valence electrons. The van der Waals surface area contributed by atoms with E-state index in [4.69, 9.17) is 4.43 Å². The van der Waals surface area contributed by atoms with Gasteiger partial charge in [-0.3, -0.25) is 4.79 Å². The molecule has 0 unspecified atom stereocenters. The average molecular weight is 176 g/mol. The highest BCUT2D eigenvalue weighted by Crippen LogP contribution is 1.96. The van der Waals surface area contributed by atoms with Crippen LogP contribution in [-0.4, -0.2) is 28.9 Å². The SMILES string of the molecule is CC(=O)OCCO[SiH2]C(C)C. The summed E-state index contributed by atoms with van der Waals surface area (Å²) in [4.78, 5) is 10.3.